The van der Waals surface area contributed by atoms with Gasteiger partial charge in [-0.25, -0.2) is 0 Å². The minimum Gasteiger partial charge on any atom is -0.432 e. The van der Waals surface area contributed by atoms with Crippen molar-refractivity contribution >= 4 is 23.2 Å². The van der Waals surface area contributed by atoms with E-state index in [2.05, 4.69) is 4.74 Å². The van der Waals surface area contributed by atoms with Gasteiger partial charge < -0.3 is 10.5 Å². The molecule has 0 unspecified atom stereocenters. The molecule has 0 saturated carbocycles. The maximum Gasteiger partial charge on any atom is 0.387 e. The van der Waals surface area contributed by atoms with Crippen molar-refractivity contribution in [2.24, 2.45) is 5.73 Å². The van der Waals surface area contributed by atoms with Gasteiger partial charge in [0.05, 0.1) is 10.0 Å². The lowest BCUT2D eigenvalue weighted by atomic mass is 10.2. The van der Waals surface area contributed by atoms with Gasteiger partial charge in [-0.05, 0) is 17.7 Å². The Kier molecular flexibility index (Phi) is 3.92. The molecule has 1 aromatic carbocycles. The van der Waals surface area contributed by atoms with E-state index in [1.807, 2.05) is 0 Å². The van der Waals surface area contributed by atoms with Crippen molar-refractivity contribution in [2.45, 2.75) is 13.2 Å². The molecule has 2 nitrogen and oxygen atoms in total. The average Bonchev–Trinajstić information content (AvgIpc) is 2.10. The zero-order valence-corrected chi connectivity index (χ0v) is 8.45. The first-order chi connectivity index (χ1) is 6.54. The van der Waals surface area contributed by atoms with Gasteiger partial charge in [0.15, 0.2) is 5.75 Å². The van der Waals surface area contributed by atoms with Crippen LogP contribution in [-0.4, -0.2) is 6.61 Å². The third-order valence-electron chi connectivity index (χ3n) is 1.50. The molecule has 6 heteroatoms. The van der Waals surface area contributed by atoms with Crippen molar-refractivity contribution in [3.8, 4) is 5.75 Å². The summed E-state index contributed by atoms with van der Waals surface area (Å²) in [6.45, 7) is -2.72. The van der Waals surface area contributed by atoms with Gasteiger partial charge >= 0.3 is 6.61 Å². The molecule has 0 aromatic heterocycles. The molecular formula is C8H7Cl2F2NO. The van der Waals surface area contributed by atoms with Crippen molar-refractivity contribution in [1.29, 1.82) is 0 Å². The average molecular weight is 242 g/mol. The minimum absolute atomic E-state index is 0.0262. The molecule has 2 N–H and O–H groups in total. The van der Waals surface area contributed by atoms with Crippen LogP contribution in [0.3, 0.4) is 0 Å². The normalized spacial score (nSPS) is 10.7. The van der Waals surface area contributed by atoms with E-state index in [0.717, 1.165) is 0 Å². The number of alkyl halides is 2. The van der Waals surface area contributed by atoms with Crippen LogP contribution in [-0.2, 0) is 6.54 Å². The molecule has 0 aliphatic rings. The van der Waals surface area contributed by atoms with E-state index in [1.54, 1.807) is 0 Å². The number of benzene rings is 1. The zero-order chi connectivity index (χ0) is 10.7. The Balaban J connectivity index is 3.05. The van der Waals surface area contributed by atoms with E-state index >= 15 is 0 Å². The topological polar surface area (TPSA) is 35.2 Å². The third-order valence-corrected chi connectivity index (χ3v) is 2.06. The highest BCUT2D eigenvalue weighted by Gasteiger charge is 2.13. The van der Waals surface area contributed by atoms with Crippen LogP contribution in [0.4, 0.5) is 8.78 Å². The standard InChI is InChI=1S/C8H7Cl2F2NO/c9-5-1-4(3-13)2-6(10)7(5)14-8(11)12/h1-2,8H,3,13H2. The maximum absolute atomic E-state index is 11.9. The molecule has 0 amide bonds. The van der Waals surface area contributed by atoms with Crippen molar-refractivity contribution in [3.05, 3.63) is 27.7 Å². The van der Waals surface area contributed by atoms with Crippen molar-refractivity contribution in [1.82, 2.24) is 0 Å². The van der Waals surface area contributed by atoms with Gasteiger partial charge in [-0.15, -0.1) is 0 Å². The van der Waals surface area contributed by atoms with Crippen LogP contribution in [0.1, 0.15) is 5.56 Å². The lowest BCUT2D eigenvalue weighted by molar-refractivity contribution is -0.0497. The van der Waals surface area contributed by atoms with Crippen LogP contribution >= 0.6 is 23.2 Å². The molecule has 0 aliphatic carbocycles. The molecule has 1 aromatic rings. The molecule has 0 aliphatic heterocycles. The summed E-state index contributed by atoms with van der Waals surface area (Å²) in [6, 6.07) is 2.87. The quantitative estimate of drug-likeness (QED) is 0.883. The van der Waals surface area contributed by atoms with Crippen LogP contribution in [0.2, 0.25) is 10.0 Å². The van der Waals surface area contributed by atoms with Crippen molar-refractivity contribution < 1.29 is 13.5 Å². The SMILES string of the molecule is NCc1cc(Cl)c(OC(F)F)c(Cl)c1. The minimum atomic E-state index is -2.95. The Morgan fingerprint density at radius 2 is 1.79 bits per heavy atom. The number of halogens is 4. The van der Waals surface area contributed by atoms with Gasteiger partial charge in [0.25, 0.3) is 0 Å². The van der Waals surface area contributed by atoms with Gasteiger partial charge in [0.1, 0.15) is 0 Å². The van der Waals surface area contributed by atoms with E-state index in [1.165, 1.54) is 12.1 Å². The second-order valence-corrected chi connectivity index (χ2v) is 3.29. The smallest absolute Gasteiger partial charge is 0.387 e. The number of hydrogen-bond acceptors (Lipinski definition) is 2. The van der Waals surface area contributed by atoms with Crippen LogP contribution in [0.25, 0.3) is 0 Å². The summed E-state index contributed by atoms with van der Waals surface area (Å²) in [5, 5.41) is 0.0523. The van der Waals surface area contributed by atoms with Crippen molar-refractivity contribution in [3.63, 3.8) is 0 Å². The summed E-state index contributed by atoms with van der Waals surface area (Å²) >= 11 is 11.3. The largest absolute Gasteiger partial charge is 0.432 e. The van der Waals surface area contributed by atoms with E-state index in [-0.39, 0.29) is 22.3 Å². The molecule has 0 radical (unpaired) electrons. The highest BCUT2D eigenvalue weighted by molar-refractivity contribution is 6.37. The highest BCUT2D eigenvalue weighted by atomic mass is 35.5. The van der Waals surface area contributed by atoms with Crippen molar-refractivity contribution in [2.75, 3.05) is 0 Å². The second kappa shape index (κ2) is 4.77. The fourth-order valence-corrected chi connectivity index (χ4v) is 1.55. The lowest BCUT2D eigenvalue weighted by Gasteiger charge is -2.09. The molecule has 78 valence electrons. The Hall–Kier alpha value is -0.580. The van der Waals surface area contributed by atoms with E-state index in [9.17, 15) is 8.78 Å². The molecular weight excluding hydrogens is 235 g/mol. The number of rotatable bonds is 3. The van der Waals surface area contributed by atoms with Crippen LogP contribution < -0.4 is 10.5 Å². The van der Waals surface area contributed by atoms with Gasteiger partial charge in [-0.3, -0.25) is 0 Å². The molecule has 0 saturated heterocycles. The molecule has 1 rings (SSSR count). The Labute approximate surface area is 89.6 Å². The fourth-order valence-electron chi connectivity index (χ4n) is 0.932. The summed E-state index contributed by atoms with van der Waals surface area (Å²) in [4.78, 5) is 0. The van der Waals surface area contributed by atoms with Gasteiger partial charge in [-0.2, -0.15) is 8.78 Å². The monoisotopic (exact) mass is 241 g/mol. The fraction of sp³-hybridized carbons (Fsp3) is 0.250. The molecule has 14 heavy (non-hydrogen) atoms. The Bertz CT molecular complexity index is 310. The molecule has 0 bridgehead atoms. The summed E-state index contributed by atoms with van der Waals surface area (Å²) in [5.74, 6) is -0.222. The van der Waals surface area contributed by atoms with E-state index in [0.29, 0.717) is 5.56 Å². The second-order valence-electron chi connectivity index (χ2n) is 2.47. The predicted octanol–water partition coefficient (Wildman–Crippen LogP) is 3.05. The Morgan fingerprint density at radius 3 is 2.14 bits per heavy atom. The summed E-state index contributed by atoms with van der Waals surface area (Å²) in [6.07, 6.45) is 0. The first kappa shape index (κ1) is 11.5. The molecule has 0 heterocycles. The van der Waals surface area contributed by atoms with Gasteiger partial charge in [-0.1, -0.05) is 23.2 Å². The summed E-state index contributed by atoms with van der Waals surface area (Å²) in [5.41, 5.74) is 5.99. The molecule has 0 atom stereocenters. The van der Waals surface area contributed by atoms with E-state index in [4.69, 9.17) is 28.9 Å². The Morgan fingerprint density at radius 1 is 1.29 bits per heavy atom. The lowest BCUT2D eigenvalue weighted by Crippen LogP contribution is -2.04. The first-order valence-electron chi connectivity index (χ1n) is 3.67. The number of nitrogens with two attached hydrogens (primary N) is 1. The molecule has 0 spiro atoms. The first-order valence-corrected chi connectivity index (χ1v) is 4.43. The van der Waals surface area contributed by atoms with Gasteiger partial charge in [0.2, 0.25) is 0 Å². The number of ether oxygens (including phenoxy) is 1. The summed E-state index contributed by atoms with van der Waals surface area (Å²) in [7, 11) is 0. The maximum atomic E-state index is 11.9. The van der Waals surface area contributed by atoms with Crippen LogP contribution in [0.15, 0.2) is 12.1 Å². The number of hydrogen-bond donors (Lipinski definition) is 1. The van der Waals surface area contributed by atoms with E-state index < -0.39 is 6.61 Å². The predicted molar refractivity (Wildman–Crippen MR) is 51.0 cm³/mol. The highest BCUT2D eigenvalue weighted by Crippen LogP contribution is 2.35. The van der Waals surface area contributed by atoms with Gasteiger partial charge in [0, 0.05) is 6.54 Å². The van der Waals surface area contributed by atoms with Crippen LogP contribution in [0.5, 0.6) is 5.75 Å². The molecule has 0 fully saturated rings. The third kappa shape index (κ3) is 2.70. The zero-order valence-electron chi connectivity index (χ0n) is 6.94. The summed E-state index contributed by atoms with van der Waals surface area (Å²) < 4.78 is 27.9. The van der Waals surface area contributed by atoms with Crippen LogP contribution in [0, 0.1) is 0 Å².